The molecule has 1 amide bonds. The van der Waals surface area contributed by atoms with E-state index in [1.165, 1.54) is 5.56 Å². The summed E-state index contributed by atoms with van der Waals surface area (Å²) in [6.07, 6.45) is 2.70. The third-order valence-corrected chi connectivity index (χ3v) is 4.29. The van der Waals surface area contributed by atoms with Crippen molar-refractivity contribution in [3.8, 4) is 0 Å². The predicted molar refractivity (Wildman–Crippen MR) is 82.5 cm³/mol. The Hall–Kier alpha value is -1.16. The molecule has 1 aromatic rings. The zero-order chi connectivity index (χ0) is 14.8. The summed E-state index contributed by atoms with van der Waals surface area (Å²) in [6, 6.07) is 8.16. The van der Waals surface area contributed by atoms with Crippen LogP contribution in [0.25, 0.3) is 0 Å². The summed E-state index contributed by atoms with van der Waals surface area (Å²) < 4.78 is 1.06. The van der Waals surface area contributed by atoms with Gasteiger partial charge in [0, 0.05) is 22.9 Å². The highest BCUT2D eigenvalue weighted by Gasteiger charge is 2.39. The van der Waals surface area contributed by atoms with Crippen LogP contribution in [0.5, 0.6) is 0 Å². The molecule has 1 saturated heterocycles. The van der Waals surface area contributed by atoms with Crippen LogP contribution in [0, 0.1) is 0 Å². The number of amides is 1. The van der Waals surface area contributed by atoms with Crippen molar-refractivity contribution in [1.82, 2.24) is 4.90 Å². The molecule has 0 spiro atoms. The van der Waals surface area contributed by atoms with Crippen LogP contribution in [0.3, 0.4) is 0 Å². The van der Waals surface area contributed by atoms with Gasteiger partial charge in [0.2, 0.25) is 5.91 Å². The van der Waals surface area contributed by atoms with E-state index < -0.39 is 0 Å². The van der Waals surface area contributed by atoms with Gasteiger partial charge in [-0.25, -0.2) is 0 Å². The molecule has 1 aliphatic heterocycles. The van der Waals surface area contributed by atoms with E-state index in [2.05, 4.69) is 28.1 Å². The molecule has 0 aromatic heterocycles. The fraction of sp³-hybridized carbons (Fsp3) is 0.500. The van der Waals surface area contributed by atoms with Crippen molar-refractivity contribution in [3.05, 3.63) is 34.3 Å². The van der Waals surface area contributed by atoms with Gasteiger partial charge < -0.3 is 4.90 Å². The second-order valence-electron chi connectivity index (χ2n) is 5.99. The summed E-state index contributed by atoms with van der Waals surface area (Å²) in [5.74, 6) is 0.259. The van der Waals surface area contributed by atoms with Crippen LogP contribution in [-0.2, 0) is 16.0 Å². The normalized spacial score (nSPS) is 17.6. The molecule has 3 nitrogen and oxygen atoms in total. The summed E-state index contributed by atoms with van der Waals surface area (Å²) in [4.78, 5) is 25.5. The van der Waals surface area contributed by atoms with Crippen molar-refractivity contribution in [3.63, 3.8) is 0 Å². The molecule has 0 bridgehead atoms. The van der Waals surface area contributed by atoms with Crippen molar-refractivity contribution in [2.75, 3.05) is 6.54 Å². The number of halogens is 1. The van der Waals surface area contributed by atoms with Crippen LogP contribution >= 0.6 is 15.9 Å². The van der Waals surface area contributed by atoms with Gasteiger partial charge in [-0.3, -0.25) is 9.59 Å². The average molecular weight is 338 g/mol. The maximum absolute atomic E-state index is 12.2. The number of ketones is 1. The number of hydrogen-bond acceptors (Lipinski definition) is 2. The van der Waals surface area contributed by atoms with Gasteiger partial charge in [0.05, 0.1) is 6.54 Å². The first kappa shape index (κ1) is 15.2. The summed E-state index contributed by atoms with van der Waals surface area (Å²) in [5.41, 5.74) is 0.920. The Morgan fingerprint density at radius 2 is 1.95 bits per heavy atom. The van der Waals surface area contributed by atoms with Gasteiger partial charge in [-0.05, 0) is 44.4 Å². The smallest absolute Gasteiger partial charge is 0.223 e. The Bertz CT molecular complexity index is 508. The molecule has 0 aliphatic carbocycles. The molecule has 1 aliphatic rings. The molecule has 0 unspecified atom stereocenters. The van der Waals surface area contributed by atoms with Gasteiger partial charge >= 0.3 is 0 Å². The first-order chi connectivity index (χ1) is 9.38. The highest BCUT2D eigenvalue weighted by atomic mass is 79.9. The molecule has 0 saturated carbocycles. The Labute approximate surface area is 128 Å². The van der Waals surface area contributed by atoms with E-state index in [1.807, 2.05) is 26.0 Å². The lowest BCUT2D eigenvalue weighted by Gasteiger charge is -2.30. The maximum Gasteiger partial charge on any atom is 0.223 e. The highest BCUT2D eigenvalue weighted by molar-refractivity contribution is 9.10. The molecule has 0 N–H and O–H groups in total. The van der Waals surface area contributed by atoms with Crippen molar-refractivity contribution < 1.29 is 9.59 Å². The second-order valence-corrected chi connectivity index (χ2v) is 6.90. The van der Waals surface area contributed by atoms with Gasteiger partial charge in [-0.2, -0.15) is 0 Å². The van der Waals surface area contributed by atoms with Crippen molar-refractivity contribution in [2.24, 2.45) is 0 Å². The van der Waals surface area contributed by atoms with E-state index in [9.17, 15) is 9.59 Å². The van der Waals surface area contributed by atoms with E-state index >= 15 is 0 Å². The Kier molecular flexibility index (Phi) is 4.63. The Morgan fingerprint density at radius 1 is 1.30 bits per heavy atom. The van der Waals surface area contributed by atoms with Crippen LogP contribution in [-0.4, -0.2) is 28.7 Å². The standard InChI is InChI=1S/C16H20BrNO2/c1-16(2)10-14(19)11-18(16)15(20)5-3-4-12-6-8-13(17)9-7-12/h6-9H,3-5,10-11H2,1-2H3. The number of likely N-dealkylation sites (tertiary alicyclic amines) is 1. The maximum atomic E-state index is 12.2. The topological polar surface area (TPSA) is 37.4 Å². The molecular weight excluding hydrogens is 318 g/mol. The van der Waals surface area contributed by atoms with E-state index in [4.69, 9.17) is 0 Å². The van der Waals surface area contributed by atoms with Crippen molar-refractivity contribution >= 4 is 27.6 Å². The lowest BCUT2D eigenvalue weighted by Crippen LogP contribution is -2.42. The number of carbonyl (C=O) groups excluding carboxylic acids is 2. The number of nitrogens with zero attached hydrogens (tertiary/aromatic N) is 1. The largest absolute Gasteiger partial charge is 0.330 e. The molecule has 1 aromatic carbocycles. The van der Waals surface area contributed by atoms with E-state index in [1.54, 1.807) is 4.90 Å². The van der Waals surface area contributed by atoms with Crippen LogP contribution in [0.4, 0.5) is 0 Å². The molecule has 20 heavy (non-hydrogen) atoms. The number of carbonyl (C=O) groups is 2. The number of hydrogen-bond donors (Lipinski definition) is 0. The van der Waals surface area contributed by atoms with Gasteiger partial charge in [-0.15, -0.1) is 0 Å². The summed E-state index contributed by atoms with van der Waals surface area (Å²) in [7, 11) is 0. The summed E-state index contributed by atoms with van der Waals surface area (Å²) in [5, 5.41) is 0. The zero-order valence-electron chi connectivity index (χ0n) is 12.0. The third kappa shape index (κ3) is 3.69. The first-order valence-corrected chi connectivity index (χ1v) is 7.74. The van der Waals surface area contributed by atoms with Crippen LogP contribution in [0.1, 0.15) is 38.7 Å². The van der Waals surface area contributed by atoms with E-state index in [-0.39, 0.29) is 23.8 Å². The monoisotopic (exact) mass is 337 g/mol. The van der Waals surface area contributed by atoms with Crippen LogP contribution in [0.15, 0.2) is 28.7 Å². The van der Waals surface area contributed by atoms with E-state index in [0.717, 1.165) is 17.3 Å². The zero-order valence-corrected chi connectivity index (χ0v) is 13.6. The lowest BCUT2D eigenvalue weighted by atomic mass is 10.0. The predicted octanol–water partition coefficient (Wildman–Crippen LogP) is 3.35. The minimum atomic E-state index is -0.314. The molecule has 108 valence electrons. The quantitative estimate of drug-likeness (QED) is 0.844. The number of Topliss-reactive ketones (excluding diaryl/α,β-unsaturated/α-hetero) is 1. The fourth-order valence-corrected chi connectivity index (χ4v) is 2.94. The fourth-order valence-electron chi connectivity index (χ4n) is 2.68. The second kappa shape index (κ2) is 6.08. The third-order valence-electron chi connectivity index (χ3n) is 3.77. The molecular formula is C16H20BrNO2. The molecule has 1 fully saturated rings. The molecule has 0 atom stereocenters. The van der Waals surface area contributed by atoms with Crippen molar-refractivity contribution in [1.29, 1.82) is 0 Å². The lowest BCUT2D eigenvalue weighted by molar-refractivity contribution is -0.135. The van der Waals surface area contributed by atoms with Crippen molar-refractivity contribution in [2.45, 2.75) is 45.1 Å². The minimum absolute atomic E-state index is 0.0953. The average Bonchev–Trinajstić information content (AvgIpc) is 2.65. The molecule has 2 rings (SSSR count). The molecule has 1 heterocycles. The first-order valence-electron chi connectivity index (χ1n) is 6.95. The van der Waals surface area contributed by atoms with Gasteiger partial charge in [0.25, 0.3) is 0 Å². The summed E-state index contributed by atoms with van der Waals surface area (Å²) in [6.45, 7) is 4.21. The Balaban J connectivity index is 1.83. The molecule has 4 heteroatoms. The van der Waals surface area contributed by atoms with E-state index in [0.29, 0.717) is 12.8 Å². The summed E-state index contributed by atoms with van der Waals surface area (Å²) >= 11 is 3.41. The van der Waals surface area contributed by atoms with Gasteiger partial charge in [0.15, 0.2) is 5.78 Å². The van der Waals surface area contributed by atoms with Gasteiger partial charge in [-0.1, -0.05) is 28.1 Å². The number of rotatable bonds is 4. The minimum Gasteiger partial charge on any atom is -0.330 e. The molecule has 0 radical (unpaired) electrons. The number of aryl methyl sites for hydroxylation is 1. The number of benzene rings is 1. The SMILES string of the molecule is CC1(C)CC(=O)CN1C(=O)CCCc1ccc(Br)cc1. The van der Waals surface area contributed by atoms with Crippen LogP contribution < -0.4 is 0 Å². The highest BCUT2D eigenvalue weighted by Crippen LogP contribution is 2.27. The Morgan fingerprint density at radius 3 is 2.50 bits per heavy atom. The van der Waals surface area contributed by atoms with Crippen LogP contribution in [0.2, 0.25) is 0 Å². The van der Waals surface area contributed by atoms with Gasteiger partial charge in [0.1, 0.15) is 0 Å².